The molecular formula is C12H13BrF2O3. The molecule has 0 aliphatic rings. The fourth-order valence-electron chi connectivity index (χ4n) is 1.58. The van der Waals surface area contributed by atoms with Gasteiger partial charge in [-0.05, 0) is 24.1 Å². The molecular weight excluding hydrogens is 310 g/mol. The minimum absolute atomic E-state index is 0.0184. The average molecular weight is 323 g/mol. The molecule has 18 heavy (non-hydrogen) atoms. The summed E-state index contributed by atoms with van der Waals surface area (Å²) in [5, 5.41) is 0.520. The van der Waals surface area contributed by atoms with E-state index in [2.05, 4.69) is 25.4 Å². The van der Waals surface area contributed by atoms with E-state index in [-0.39, 0.29) is 12.2 Å². The van der Waals surface area contributed by atoms with E-state index in [4.69, 9.17) is 0 Å². The first-order valence-corrected chi connectivity index (χ1v) is 6.30. The molecule has 1 aromatic rings. The van der Waals surface area contributed by atoms with E-state index in [9.17, 15) is 13.6 Å². The smallest absolute Gasteiger partial charge is 0.387 e. The van der Waals surface area contributed by atoms with Crippen LogP contribution in [-0.2, 0) is 21.3 Å². The second-order valence-corrected chi connectivity index (χ2v) is 4.22. The van der Waals surface area contributed by atoms with Gasteiger partial charge < -0.3 is 9.47 Å². The lowest BCUT2D eigenvalue weighted by atomic mass is 10.0. The van der Waals surface area contributed by atoms with Gasteiger partial charge in [-0.1, -0.05) is 22.0 Å². The molecule has 0 unspecified atom stereocenters. The number of benzene rings is 1. The van der Waals surface area contributed by atoms with Crippen molar-refractivity contribution in [1.29, 1.82) is 0 Å². The van der Waals surface area contributed by atoms with E-state index in [0.717, 1.165) is 5.56 Å². The van der Waals surface area contributed by atoms with Crippen molar-refractivity contribution in [1.82, 2.24) is 0 Å². The summed E-state index contributed by atoms with van der Waals surface area (Å²) in [6, 6.07) is 3.30. The normalized spacial score (nSPS) is 10.6. The van der Waals surface area contributed by atoms with Gasteiger partial charge in [-0.3, -0.25) is 4.79 Å². The largest absolute Gasteiger partial charge is 0.469 e. The van der Waals surface area contributed by atoms with Gasteiger partial charge in [-0.15, -0.1) is 0 Å². The minimum Gasteiger partial charge on any atom is -0.469 e. The molecule has 1 rings (SSSR count). The fraction of sp³-hybridized carbons (Fsp3) is 0.417. The molecule has 0 atom stereocenters. The number of carbonyl (C=O) groups is 1. The number of aryl methyl sites for hydroxylation is 1. The van der Waals surface area contributed by atoms with Crippen molar-refractivity contribution >= 4 is 21.9 Å². The van der Waals surface area contributed by atoms with Crippen molar-refractivity contribution < 1.29 is 23.0 Å². The summed E-state index contributed by atoms with van der Waals surface area (Å²) in [6.07, 6.45) is -0.0903. The number of carbonyl (C=O) groups excluding carboxylic acids is 1. The maximum atomic E-state index is 12.3. The number of alkyl halides is 3. The van der Waals surface area contributed by atoms with Crippen molar-refractivity contribution in [2.45, 2.75) is 25.3 Å². The molecule has 0 radical (unpaired) electrons. The van der Waals surface area contributed by atoms with E-state index in [1.165, 1.54) is 13.2 Å². The Morgan fingerprint density at radius 3 is 2.61 bits per heavy atom. The van der Waals surface area contributed by atoms with Gasteiger partial charge in [0, 0.05) is 10.9 Å². The average Bonchev–Trinajstić information content (AvgIpc) is 2.32. The molecule has 0 aliphatic carbocycles. The first kappa shape index (κ1) is 14.9. The maximum absolute atomic E-state index is 12.3. The molecule has 0 aromatic heterocycles. The number of esters is 1. The second kappa shape index (κ2) is 6.68. The van der Waals surface area contributed by atoms with Gasteiger partial charge in [-0.2, -0.15) is 8.78 Å². The predicted octanol–water partition coefficient (Wildman–Crippen LogP) is 3.21. The van der Waals surface area contributed by atoms with Crippen molar-refractivity contribution in [3.8, 4) is 5.75 Å². The van der Waals surface area contributed by atoms with Crippen LogP contribution in [0.15, 0.2) is 12.1 Å². The number of hydrogen-bond donors (Lipinski definition) is 0. The highest BCUT2D eigenvalue weighted by atomic mass is 79.9. The minimum atomic E-state index is -2.92. The lowest BCUT2D eigenvalue weighted by Gasteiger charge is -2.14. The van der Waals surface area contributed by atoms with Gasteiger partial charge in [0.2, 0.25) is 0 Å². The van der Waals surface area contributed by atoms with Crippen LogP contribution in [0.5, 0.6) is 5.75 Å². The molecule has 0 aliphatic heterocycles. The number of halogens is 3. The lowest BCUT2D eigenvalue weighted by molar-refractivity contribution is -0.139. The highest BCUT2D eigenvalue weighted by Gasteiger charge is 2.16. The van der Waals surface area contributed by atoms with Gasteiger partial charge in [0.25, 0.3) is 0 Å². The highest BCUT2D eigenvalue weighted by Crippen LogP contribution is 2.28. The van der Waals surface area contributed by atoms with E-state index >= 15 is 0 Å². The molecule has 6 heteroatoms. The van der Waals surface area contributed by atoms with Crippen LogP contribution in [-0.4, -0.2) is 19.7 Å². The van der Waals surface area contributed by atoms with E-state index < -0.39 is 12.6 Å². The summed E-state index contributed by atoms with van der Waals surface area (Å²) in [6.45, 7) is -1.19. The SMILES string of the molecule is COC(=O)Cc1c(C)cc(CBr)cc1OC(F)F. The molecule has 0 saturated heterocycles. The van der Waals surface area contributed by atoms with Crippen molar-refractivity contribution in [2.24, 2.45) is 0 Å². The molecule has 0 spiro atoms. The second-order valence-electron chi connectivity index (χ2n) is 3.65. The summed E-state index contributed by atoms with van der Waals surface area (Å²) < 4.78 is 33.7. The fourth-order valence-corrected chi connectivity index (χ4v) is 1.90. The van der Waals surface area contributed by atoms with Crippen LogP contribution in [0.25, 0.3) is 0 Å². The Morgan fingerprint density at radius 2 is 2.11 bits per heavy atom. The van der Waals surface area contributed by atoms with Gasteiger partial charge in [-0.25, -0.2) is 0 Å². The number of hydrogen-bond acceptors (Lipinski definition) is 3. The lowest BCUT2D eigenvalue weighted by Crippen LogP contribution is -2.11. The Hall–Kier alpha value is -1.17. The van der Waals surface area contributed by atoms with Crippen LogP contribution < -0.4 is 4.74 Å². The summed E-state index contributed by atoms with van der Waals surface area (Å²) >= 11 is 3.25. The molecule has 0 fully saturated rings. The summed E-state index contributed by atoms with van der Waals surface area (Å²) in [4.78, 5) is 11.3. The molecule has 0 saturated carbocycles. The van der Waals surface area contributed by atoms with Crippen molar-refractivity contribution in [3.63, 3.8) is 0 Å². The molecule has 3 nitrogen and oxygen atoms in total. The quantitative estimate of drug-likeness (QED) is 0.617. The highest BCUT2D eigenvalue weighted by molar-refractivity contribution is 9.08. The standard InChI is InChI=1S/C12H13BrF2O3/c1-7-3-8(6-13)4-10(18-12(14)15)9(7)5-11(16)17-2/h3-4,12H,5-6H2,1-2H3. The monoisotopic (exact) mass is 322 g/mol. The van der Waals surface area contributed by atoms with Gasteiger partial charge in [0.1, 0.15) is 5.75 Å². The Morgan fingerprint density at radius 1 is 1.44 bits per heavy atom. The van der Waals surface area contributed by atoms with Crippen LogP contribution in [0, 0.1) is 6.92 Å². The van der Waals surface area contributed by atoms with Gasteiger partial charge in [0.05, 0.1) is 13.5 Å². The summed E-state index contributed by atoms with van der Waals surface area (Å²) in [5.41, 5.74) is 1.94. The van der Waals surface area contributed by atoms with Crippen LogP contribution in [0.3, 0.4) is 0 Å². The maximum Gasteiger partial charge on any atom is 0.387 e. The molecule has 100 valence electrons. The molecule has 0 amide bonds. The zero-order chi connectivity index (χ0) is 13.7. The summed E-state index contributed by atoms with van der Waals surface area (Å²) in [7, 11) is 1.25. The van der Waals surface area contributed by atoms with E-state index in [1.807, 2.05) is 6.07 Å². The third-order valence-electron chi connectivity index (χ3n) is 2.41. The van der Waals surface area contributed by atoms with Gasteiger partial charge >= 0.3 is 12.6 Å². The van der Waals surface area contributed by atoms with Crippen LogP contribution in [0.2, 0.25) is 0 Å². The number of methoxy groups -OCH3 is 1. The van der Waals surface area contributed by atoms with E-state index in [0.29, 0.717) is 16.5 Å². The number of rotatable bonds is 5. The van der Waals surface area contributed by atoms with Crippen LogP contribution in [0.4, 0.5) is 8.78 Å². The third kappa shape index (κ3) is 3.94. The molecule has 1 aromatic carbocycles. The first-order chi connectivity index (χ1) is 8.47. The molecule has 0 bridgehead atoms. The number of ether oxygens (including phenoxy) is 2. The zero-order valence-corrected chi connectivity index (χ0v) is 11.6. The Kier molecular flexibility index (Phi) is 5.53. The van der Waals surface area contributed by atoms with Crippen molar-refractivity contribution in [2.75, 3.05) is 7.11 Å². The zero-order valence-electron chi connectivity index (χ0n) is 10.0. The van der Waals surface area contributed by atoms with Crippen LogP contribution in [0.1, 0.15) is 16.7 Å². The molecule has 0 heterocycles. The van der Waals surface area contributed by atoms with Crippen LogP contribution >= 0.6 is 15.9 Å². The Balaban J connectivity index is 3.15. The van der Waals surface area contributed by atoms with Gasteiger partial charge in [0.15, 0.2) is 0 Å². The van der Waals surface area contributed by atoms with Crippen molar-refractivity contribution in [3.05, 3.63) is 28.8 Å². The van der Waals surface area contributed by atoms with E-state index in [1.54, 1.807) is 6.92 Å². The predicted molar refractivity (Wildman–Crippen MR) is 66.2 cm³/mol. The first-order valence-electron chi connectivity index (χ1n) is 5.18. The topological polar surface area (TPSA) is 35.5 Å². The third-order valence-corrected chi connectivity index (χ3v) is 3.06. The Labute approximate surface area is 112 Å². The Bertz CT molecular complexity index is 436. The molecule has 0 N–H and O–H groups in total. The summed E-state index contributed by atoms with van der Waals surface area (Å²) in [5.74, 6) is -0.478.